The summed E-state index contributed by atoms with van der Waals surface area (Å²) in [7, 11) is 0. The van der Waals surface area contributed by atoms with Gasteiger partial charge in [-0.05, 0) is 19.9 Å². The summed E-state index contributed by atoms with van der Waals surface area (Å²) in [4.78, 5) is 26.8. The fourth-order valence-electron chi connectivity index (χ4n) is 1.16. The normalized spacial score (nSPS) is 11.7. The van der Waals surface area contributed by atoms with Crippen molar-refractivity contribution < 1.29 is 14.3 Å². The Morgan fingerprint density at radius 2 is 2.29 bits per heavy atom. The molecule has 0 saturated heterocycles. The highest BCUT2D eigenvalue weighted by molar-refractivity contribution is 6.33. The number of nitrogens with one attached hydrogen (secondary N) is 1. The third kappa shape index (κ3) is 3.71. The number of esters is 1. The molecule has 0 spiro atoms. The number of hydrogen-bond acceptors (Lipinski definition) is 4. The predicted octanol–water partition coefficient (Wildman–Crippen LogP) is 1.42. The van der Waals surface area contributed by atoms with Gasteiger partial charge in [-0.2, -0.15) is 0 Å². The number of ether oxygens (including phenoxy) is 1. The molecule has 5 nitrogen and oxygen atoms in total. The molecule has 0 radical (unpaired) electrons. The van der Waals surface area contributed by atoms with Gasteiger partial charge in [0.15, 0.2) is 0 Å². The number of carbonyl (C=O) groups excluding carboxylic acids is 2. The molecular formula is C11H13ClN2O3. The van der Waals surface area contributed by atoms with E-state index in [4.69, 9.17) is 16.3 Å². The summed E-state index contributed by atoms with van der Waals surface area (Å²) in [5.41, 5.74) is 0.276. The Labute approximate surface area is 104 Å². The average molecular weight is 257 g/mol. The zero-order chi connectivity index (χ0) is 12.8. The number of aromatic nitrogens is 1. The molecule has 0 saturated carbocycles. The lowest BCUT2D eigenvalue weighted by atomic mass is 10.2. The summed E-state index contributed by atoms with van der Waals surface area (Å²) in [6.45, 7) is 3.52. The molecule has 1 rings (SSSR count). The second-order valence-corrected chi connectivity index (χ2v) is 3.71. The zero-order valence-corrected chi connectivity index (χ0v) is 10.3. The summed E-state index contributed by atoms with van der Waals surface area (Å²) in [5.74, 6) is -0.913. The second kappa shape index (κ2) is 6.20. The van der Waals surface area contributed by atoms with Gasteiger partial charge in [0, 0.05) is 12.4 Å². The molecule has 1 N–H and O–H groups in total. The Hall–Kier alpha value is -1.62. The van der Waals surface area contributed by atoms with Crippen molar-refractivity contribution in [2.24, 2.45) is 0 Å². The van der Waals surface area contributed by atoms with Crippen LogP contribution in [0.1, 0.15) is 24.2 Å². The fourth-order valence-corrected chi connectivity index (χ4v) is 1.37. The Kier molecular flexibility index (Phi) is 4.90. The van der Waals surface area contributed by atoms with Crippen molar-refractivity contribution in [3.05, 3.63) is 29.0 Å². The van der Waals surface area contributed by atoms with Gasteiger partial charge < -0.3 is 10.1 Å². The van der Waals surface area contributed by atoms with Gasteiger partial charge in [0.1, 0.15) is 6.04 Å². The van der Waals surface area contributed by atoms with Gasteiger partial charge in [0.2, 0.25) is 0 Å². The molecule has 1 unspecified atom stereocenters. The van der Waals surface area contributed by atoms with Gasteiger partial charge >= 0.3 is 5.97 Å². The van der Waals surface area contributed by atoms with Crippen LogP contribution in [0.4, 0.5) is 0 Å². The van der Waals surface area contributed by atoms with Gasteiger partial charge in [-0.25, -0.2) is 4.79 Å². The van der Waals surface area contributed by atoms with Crippen molar-refractivity contribution in [3.63, 3.8) is 0 Å². The van der Waals surface area contributed by atoms with E-state index in [9.17, 15) is 9.59 Å². The Balaban J connectivity index is 2.67. The van der Waals surface area contributed by atoms with Gasteiger partial charge in [0.25, 0.3) is 5.91 Å². The maximum Gasteiger partial charge on any atom is 0.328 e. The maximum atomic E-state index is 11.8. The van der Waals surface area contributed by atoms with Crippen LogP contribution in [0.3, 0.4) is 0 Å². The average Bonchev–Trinajstić information content (AvgIpc) is 2.29. The zero-order valence-electron chi connectivity index (χ0n) is 9.57. The van der Waals surface area contributed by atoms with Crippen LogP contribution >= 0.6 is 11.6 Å². The number of carbonyl (C=O) groups is 2. The predicted molar refractivity (Wildman–Crippen MR) is 62.8 cm³/mol. The topological polar surface area (TPSA) is 68.3 Å². The first kappa shape index (κ1) is 13.4. The smallest absolute Gasteiger partial charge is 0.328 e. The second-order valence-electron chi connectivity index (χ2n) is 3.30. The molecule has 0 aliphatic heterocycles. The third-order valence-corrected chi connectivity index (χ3v) is 2.31. The molecule has 0 aromatic carbocycles. The van der Waals surface area contributed by atoms with E-state index in [0.29, 0.717) is 0 Å². The molecule has 1 heterocycles. The highest BCUT2D eigenvalue weighted by Crippen LogP contribution is 2.13. The first-order valence-electron chi connectivity index (χ1n) is 5.13. The van der Waals surface area contributed by atoms with Crippen LogP contribution in [0.2, 0.25) is 5.02 Å². The first-order valence-corrected chi connectivity index (χ1v) is 5.51. The van der Waals surface area contributed by atoms with Crippen molar-refractivity contribution in [1.82, 2.24) is 10.3 Å². The number of rotatable bonds is 4. The molecule has 0 bridgehead atoms. The van der Waals surface area contributed by atoms with Crippen molar-refractivity contribution >= 4 is 23.5 Å². The highest BCUT2D eigenvalue weighted by Gasteiger charge is 2.18. The van der Waals surface area contributed by atoms with E-state index >= 15 is 0 Å². The number of pyridine rings is 1. The minimum Gasteiger partial charge on any atom is -0.464 e. The summed E-state index contributed by atoms with van der Waals surface area (Å²) < 4.78 is 4.77. The largest absolute Gasteiger partial charge is 0.464 e. The molecule has 1 atom stereocenters. The van der Waals surface area contributed by atoms with E-state index in [1.54, 1.807) is 13.8 Å². The van der Waals surface area contributed by atoms with Crippen molar-refractivity contribution in [2.75, 3.05) is 6.61 Å². The standard InChI is InChI=1S/C11H13ClN2O3/c1-3-17-11(16)7(2)14-10(15)8-4-5-13-6-9(8)12/h4-7H,3H2,1-2H3,(H,14,15). The summed E-state index contributed by atoms with van der Waals surface area (Å²) in [5, 5.41) is 2.73. The van der Waals surface area contributed by atoms with E-state index in [-0.39, 0.29) is 17.2 Å². The van der Waals surface area contributed by atoms with Crippen LogP contribution in [0.25, 0.3) is 0 Å². The molecule has 1 aromatic heterocycles. The molecule has 1 aromatic rings. The Bertz CT molecular complexity index is 423. The molecule has 0 aliphatic rings. The van der Waals surface area contributed by atoms with E-state index in [2.05, 4.69) is 10.3 Å². The van der Waals surface area contributed by atoms with E-state index in [1.807, 2.05) is 0 Å². The maximum absolute atomic E-state index is 11.8. The third-order valence-electron chi connectivity index (χ3n) is 2.00. The van der Waals surface area contributed by atoms with E-state index in [1.165, 1.54) is 18.5 Å². The Morgan fingerprint density at radius 1 is 1.59 bits per heavy atom. The highest BCUT2D eigenvalue weighted by atomic mass is 35.5. The molecule has 0 fully saturated rings. The Morgan fingerprint density at radius 3 is 2.88 bits per heavy atom. The summed E-state index contributed by atoms with van der Waals surface area (Å²) in [6, 6.07) is 0.766. The SMILES string of the molecule is CCOC(=O)C(C)NC(=O)c1ccncc1Cl. The summed E-state index contributed by atoms with van der Waals surface area (Å²) in [6.07, 6.45) is 2.82. The lowest BCUT2D eigenvalue weighted by Crippen LogP contribution is -2.39. The van der Waals surface area contributed by atoms with Crippen LogP contribution in [0, 0.1) is 0 Å². The van der Waals surface area contributed by atoms with Gasteiger partial charge in [-0.1, -0.05) is 11.6 Å². The van der Waals surface area contributed by atoms with Crippen molar-refractivity contribution in [3.8, 4) is 0 Å². The quantitative estimate of drug-likeness (QED) is 0.828. The lowest BCUT2D eigenvalue weighted by molar-refractivity contribution is -0.144. The van der Waals surface area contributed by atoms with Crippen LogP contribution in [0.15, 0.2) is 18.5 Å². The van der Waals surface area contributed by atoms with Crippen LogP contribution in [-0.4, -0.2) is 29.5 Å². The molecule has 1 amide bonds. The van der Waals surface area contributed by atoms with Gasteiger partial charge in [0.05, 0.1) is 17.2 Å². The van der Waals surface area contributed by atoms with E-state index in [0.717, 1.165) is 0 Å². The number of halogens is 1. The lowest BCUT2D eigenvalue weighted by Gasteiger charge is -2.12. The van der Waals surface area contributed by atoms with E-state index < -0.39 is 17.9 Å². The van der Waals surface area contributed by atoms with Gasteiger partial charge in [-0.3, -0.25) is 9.78 Å². The minimum absolute atomic E-state index is 0.237. The minimum atomic E-state index is -0.716. The summed E-state index contributed by atoms with van der Waals surface area (Å²) >= 11 is 5.80. The van der Waals surface area contributed by atoms with Gasteiger partial charge in [-0.15, -0.1) is 0 Å². The number of hydrogen-bond donors (Lipinski definition) is 1. The van der Waals surface area contributed by atoms with Crippen LogP contribution in [0.5, 0.6) is 0 Å². The molecule has 6 heteroatoms. The molecule has 92 valence electrons. The monoisotopic (exact) mass is 256 g/mol. The molecule has 0 aliphatic carbocycles. The fraction of sp³-hybridized carbons (Fsp3) is 0.364. The first-order chi connectivity index (χ1) is 8.06. The van der Waals surface area contributed by atoms with Crippen molar-refractivity contribution in [2.45, 2.75) is 19.9 Å². The van der Waals surface area contributed by atoms with Crippen LogP contribution in [-0.2, 0) is 9.53 Å². The molecule has 17 heavy (non-hydrogen) atoms. The van der Waals surface area contributed by atoms with Crippen molar-refractivity contribution in [1.29, 1.82) is 0 Å². The molecular weight excluding hydrogens is 244 g/mol. The van der Waals surface area contributed by atoms with Crippen LogP contribution < -0.4 is 5.32 Å². The number of amides is 1. The number of nitrogens with zero attached hydrogens (tertiary/aromatic N) is 1.